The molecule has 10 nitrogen and oxygen atoms in total. The molecule has 0 unspecified atom stereocenters. The van der Waals surface area contributed by atoms with Gasteiger partial charge in [-0.1, -0.05) is 38.9 Å². The molecule has 194 valence electrons. The fraction of sp³-hybridized carbons (Fsp3) is 0.375. The molecule has 36 heavy (non-hydrogen) atoms. The Morgan fingerprint density at radius 1 is 0.917 bits per heavy atom. The first-order valence-electron chi connectivity index (χ1n) is 11.3. The fourth-order valence-corrected chi connectivity index (χ4v) is 5.87. The second-order valence-corrected chi connectivity index (χ2v) is 13.3. The first-order chi connectivity index (χ1) is 16.8. The van der Waals surface area contributed by atoms with E-state index >= 15 is 0 Å². The highest BCUT2D eigenvalue weighted by Gasteiger charge is 2.26. The highest BCUT2D eigenvalue weighted by molar-refractivity contribution is 7.90. The molecule has 12 heteroatoms. The maximum Gasteiger partial charge on any atom is 0.322 e. The lowest BCUT2D eigenvalue weighted by Gasteiger charge is -2.25. The summed E-state index contributed by atoms with van der Waals surface area (Å²) < 4.78 is 56.8. The van der Waals surface area contributed by atoms with Crippen molar-refractivity contribution in [3.63, 3.8) is 0 Å². The van der Waals surface area contributed by atoms with Gasteiger partial charge in [0.2, 0.25) is 15.9 Å². The van der Waals surface area contributed by atoms with Gasteiger partial charge in [0, 0.05) is 30.5 Å². The van der Waals surface area contributed by atoms with E-state index in [2.05, 4.69) is 15.5 Å². The first-order valence-corrected chi connectivity index (χ1v) is 14.7. The predicted molar refractivity (Wildman–Crippen MR) is 136 cm³/mol. The summed E-state index contributed by atoms with van der Waals surface area (Å²) in [7, 11) is -7.13. The number of hydrogen-bond acceptors (Lipinski definition) is 8. The summed E-state index contributed by atoms with van der Waals surface area (Å²) in [6, 6.07) is 11.4. The van der Waals surface area contributed by atoms with Crippen molar-refractivity contribution < 1.29 is 26.0 Å². The zero-order valence-electron chi connectivity index (χ0n) is 20.8. The summed E-state index contributed by atoms with van der Waals surface area (Å²) in [6.07, 6.45) is 1.09. The molecule has 0 saturated heterocycles. The number of hydrogen-bond donors (Lipinski definition) is 1. The maximum atomic E-state index is 13.2. The number of sulfonamides is 1. The molecule has 0 radical (unpaired) electrons. The number of rotatable bonds is 10. The number of sulfone groups is 1. The minimum absolute atomic E-state index is 0.0348. The third-order valence-corrected chi connectivity index (χ3v) is 8.00. The highest BCUT2D eigenvalue weighted by Crippen LogP contribution is 2.24. The van der Waals surface area contributed by atoms with Gasteiger partial charge < -0.3 is 4.42 Å². The molecule has 2 aromatic carbocycles. The van der Waals surface area contributed by atoms with Crippen LogP contribution in [-0.4, -0.2) is 56.6 Å². The van der Waals surface area contributed by atoms with Gasteiger partial charge in [-0.05, 0) is 54.3 Å². The fourth-order valence-electron chi connectivity index (χ4n) is 3.43. The molecule has 3 aromatic rings. The van der Waals surface area contributed by atoms with Crippen molar-refractivity contribution in [3.05, 3.63) is 54.1 Å². The summed E-state index contributed by atoms with van der Waals surface area (Å²) in [5.74, 6) is -0.207. The molecule has 0 aliphatic rings. The van der Waals surface area contributed by atoms with Gasteiger partial charge in [0.1, 0.15) is 0 Å². The summed E-state index contributed by atoms with van der Waals surface area (Å²) in [5, 5.41) is 10.1. The number of nitrogens with zero attached hydrogens (tertiary/aromatic N) is 3. The Kier molecular flexibility index (Phi) is 8.32. The molecule has 0 aliphatic heterocycles. The van der Waals surface area contributed by atoms with E-state index < -0.39 is 25.8 Å². The minimum atomic E-state index is -3.72. The van der Waals surface area contributed by atoms with Crippen molar-refractivity contribution in [1.82, 2.24) is 14.5 Å². The van der Waals surface area contributed by atoms with Gasteiger partial charge in [-0.2, -0.15) is 4.31 Å². The van der Waals surface area contributed by atoms with Crippen LogP contribution in [0.15, 0.2) is 62.7 Å². The molecule has 0 aliphatic carbocycles. The third kappa shape index (κ3) is 6.77. The molecule has 1 amide bonds. The molecule has 3 rings (SSSR count). The number of anilines is 1. The SMILES string of the molecule is CC(C)CN(CC(C)C)S(=O)(=O)c1ccc(C(=O)Nc2nnc(-c3cccc(S(C)(=O)=O)c3)o2)cc1. The second-order valence-electron chi connectivity index (χ2n) is 9.30. The van der Waals surface area contributed by atoms with E-state index in [1.165, 1.54) is 40.7 Å². The van der Waals surface area contributed by atoms with Crippen molar-refractivity contribution in [3.8, 4) is 11.5 Å². The van der Waals surface area contributed by atoms with Gasteiger partial charge >= 0.3 is 6.01 Å². The molecule has 0 saturated carbocycles. The van der Waals surface area contributed by atoms with Crippen LogP contribution in [0.3, 0.4) is 0 Å². The average Bonchev–Trinajstić information content (AvgIpc) is 3.26. The van der Waals surface area contributed by atoms with Gasteiger partial charge in [-0.3, -0.25) is 10.1 Å². The standard InChI is InChI=1S/C24H30N4O6S2/c1-16(2)14-28(15-17(3)4)36(32,33)20-11-9-18(10-12-20)22(29)25-24-27-26-23(34-24)19-7-6-8-21(13-19)35(5,30)31/h6-13,16-17H,14-15H2,1-5H3,(H,25,27,29). The molecule has 0 atom stereocenters. The summed E-state index contributed by atoms with van der Waals surface area (Å²) in [4.78, 5) is 12.9. The number of nitrogens with one attached hydrogen (secondary N) is 1. The van der Waals surface area contributed by atoms with Crippen LogP contribution >= 0.6 is 0 Å². The van der Waals surface area contributed by atoms with Gasteiger partial charge in [0.15, 0.2) is 9.84 Å². The number of benzene rings is 2. The lowest BCUT2D eigenvalue weighted by molar-refractivity contribution is 0.102. The van der Waals surface area contributed by atoms with Crippen molar-refractivity contribution >= 4 is 31.8 Å². The van der Waals surface area contributed by atoms with E-state index in [4.69, 9.17) is 4.42 Å². The van der Waals surface area contributed by atoms with Crippen LogP contribution in [0.5, 0.6) is 0 Å². The Morgan fingerprint density at radius 2 is 1.53 bits per heavy atom. The van der Waals surface area contributed by atoms with Gasteiger partial charge in [0.05, 0.1) is 9.79 Å². The van der Waals surface area contributed by atoms with E-state index in [0.29, 0.717) is 18.7 Å². The lowest BCUT2D eigenvalue weighted by Crippen LogP contribution is -2.37. The highest BCUT2D eigenvalue weighted by atomic mass is 32.2. The Bertz CT molecular complexity index is 1420. The monoisotopic (exact) mass is 534 g/mol. The van der Waals surface area contributed by atoms with E-state index in [1.54, 1.807) is 12.1 Å². The van der Waals surface area contributed by atoms with Gasteiger partial charge in [-0.25, -0.2) is 16.8 Å². The van der Waals surface area contributed by atoms with Crippen LogP contribution < -0.4 is 5.32 Å². The summed E-state index contributed by atoms with van der Waals surface area (Å²) in [5.41, 5.74) is 0.583. The van der Waals surface area contributed by atoms with E-state index in [1.807, 2.05) is 27.7 Å². The molecular formula is C24H30N4O6S2. The zero-order valence-corrected chi connectivity index (χ0v) is 22.4. The molecular weight excluding hydrogens is 504 g/mol. The quantitative estimate of drug-likeness (QED) is 0.415. The van der Waals surface area contributed by atoms with Crippen LogP contribution in [0, 0.1) is 11.8 Å². The van der Waals surface area contributed by atoms with Crippen molar-refractivity contribution in [2.75, 3.05) is 24.7 Å². The van der Waals surface area contributed by atoms with Gasteiger partial charge in [-0.15, -0.1) is 5.10 Å². The maximum absolute atomic E-state index is 13.2. The van der Waals surface area contributed by atoms with Gasteiger partial charge in [0.25, 0.3) is 5.91 Å². The smallest absolute Gasteiger partial charge is 0.322 e. The van der Waals surface area contributed by atoms with Crippen LogP contribution in [0.2, 0.25) is 0 Å². The van der Waals surface area contributed by atoms with Crippen molar-refractivity contribution in [2.24, 2.45) is 11.8 Å². The third-order valence-electron chi connectivity index (χ3n) is 5.05. The van der Waals surface area contributed by atoms with Crippen LogP contribution in [0.4, 0.5) is 6.01 Å². The van der Waals surface area contributed by atoms with Crippen molar-refractivity contribution in [2.45, 2.75) is 37.5 Å². The largest absolute Gasteiger partial charge is 0.403 e. The lowest BCUT2D eigenvalue weighted by atomic mass is 10.2. The van der Waals surface area contributed by atoms with Crippen LogP contribution in [0.1, 0.15) is 38.1 Å². The molecule has 1 heterocycles. The molecule has 0 fully saturated rings. The number of carbonyl (C=O) groups is 1. The first kappa shape index (κ1) is 27.5. The molecule has 0 bridgehead atoms. The average molecular weight is 535 g/mol. The van der Waals surface area contributed by atoms with E-state index in [0.717, 1.165) is 6.26 Å². The number of aromatic nitrogens is 2. The van der Waals surface area contributed by atoms with E-state index in [-0.39, 0.29) is 39.1 Å². The van der Waals surface area contributed by atoms with Crippen LogP contribution in [0.25, 0.3) is 11.5 Å². The Balaban J connectivity index is 1.75. The zero-order chi connectivity index (χ0) is 26.7. The van der Waals surface area contributed by atoms with Crippen LogP contribution in [-0.2, 0) is 19.9 Å². The normalized spacial score (nSPS) is 12.4. The molecule has 0 spiro atoms. The Hall–Kier alpha value is -3.09. The second kappa shape index (κ2) is 10.9. The molecule has 1 aromatic heterocycles. The number of amides is 1. The summed E-state index contributed by atoms with van der Waals surface area (Å²) >= 11 is 0. The van der Waals surface area contributed by atoms with E-state index in [9.17, 15) is 21.6 Å². The predicted octanol–water partition coefficient (Wildman–Crippen LogP) is 3.70. The minimum Gasteiger partial charge on any atom is -0.403 e. The topological polar surface area (TPSA) is 140 Å². The Labute approximate surface area is 211 Å². The molecule has 1 N–H and O–H groups in total. The Morgan fingerprint density at radius 3 is 2.08 bits per heavy atom. The number of carbonyl (C=O) groups excluding carboxylic acids is 1. The van der Waals surface area contributed by atoms with Crippen molar-refractivity contribution in [1.29, 1.82) is 0 Å². The summed E-state index contributed by atoms with van der Waals surface area (Å²) in [6.45, 7) is 8.64.